The molecule has 0 spiro atoms. The molecule has 0 atom stereocenters. The van der Waals surface area contributed by atoms with E-state index in [9.17, 15) is 8.78 Å². The van der Waals surface area contributed by atoms with Crippen molar-refractivity contribution in [3.05, 3.63) is 16.2 Å². The van der Waals surface area contributed by atoms with E-state index in [4.69, 9.17) is 5.11 Å². The highest BCUT2D eigenvalue weighted by Crippen LogP contribution is 2.33. The van der Waals surface area contributed by atoms with Crippen molar-refractivity contribution in [3.63, 3.8) is 0 Å². The Morgan fingerprint density at radius 2 is 2.23 bits per heavy atom. The van der Waals surface area contributed by atoms with Crippen LogP contribution in [0.2, 0.25) is 0 Å². The van der Waals surface area contributed by atoms with Crippen LogP contribution in [-0.4, -0.2) is 17.2 Å². The van der Waals surface area contributed by atoms with Gasteiger partial charge in [-0.05, 0) is 22.0 Å². The lowest BCUT2D eigenvalue weighted by molar-refractivity contribution is 0.145. The Bertz CT molecular complexity index is 320. The molecule has 0 aliphatic carbocycles. The summed E-state index contributed by atoms with van der Waals surface area (Å²) in [6, 6.07) is 0.917. The van der Waals surface area contributed by atoms with Crippen molar-refractivity contribution < 1.29 is 18.6 Å². The van der Waals surface area contributed by atoms with Gasteiger partial charge >= 0.3 is 0 Å². The van der Waals surface area contributed by atoms with E-state index in [0.29, 0.717) is 0 Å². The summed E-state index contributed by atoms with van der Waals surface area (Å²) in [5.41, 5.74) is -0.428. The van der Waals surface area contributed by atoms with Crippen molar-refractivity contribution in [2.24, 2.45) is 0 Å². The van der Waals surface area contributed by atoms with Crippen LogP contribution in [0.15, 0.2) is 10.7 Å². The monoisotopic (exact) mass is 253 g/mol. The molecule has 1 heterocycles. The Kier molecular flexibility index (Phi) is 3.02. The minimum Gasteiger partial charge on any atom is -0.505 e. The molecule has 1 aromatic heterocycles. The SMILES string of the molecule is COc1nc(Br)c(O)cc1C(F)F. The number of ether oxygens (including phenoxy) is 1. The van der Waals surface area contributed by atoms with Crippen LogP contribution in [0.4, 0.5) is 8.78 Å². The molecule has 6 heteroatoms. The molecule has 1 N–H and O–H groups in total. The first-order valence-electron chi connectivity index (χ1n) is 3.27. The lowest BCUT2D eigenvalue weighted by Crippen LogP contribution is -1.96. The van der Waals surface area contributed by atoms with E-state index in [2.05, 4.69) is 25.7 Å². The summed E-state index contributed by atoms with van der Waals surface area (Å²) < 4.78 is 29.2. The third-order valence-corrected chi connectivity index (χ3v) is 1.96. The Balaban J connectivity index is 3.25. The van der Waals surface area contributed by atoms with E-state index in [1.54, 1.807) is 0 Å². The van der Waals surface area contributed by atoms with Crippen molar-refractivity contribution in [3.8, 4) is 11.6 Å². The van der Waals surface area contributed by atoms with Gasteiger partial charge in [-0.25, -0.2) is 13.8 Å². The van der Waals surface area contributed by atoms with E-state index < -0.39 is 12.0 Å². The lowest BCUT2D eigenvalue weighted by Gasteiger charge is -2.07. The summed E-state index contributed by atoms with van der Waals surface area (Å²) >= 11 is 2.88. The largest absolute Gasteiger partial charge is 0.505 e. The first-order chi connectivity index (χ1) is 6.06. The molecule has 0 saturated carbocycles. The molecule has 72 valence electrons. The molecule has 0 radical (unpaired) electrons. The minimum atomic E-state index is -2.72. The molecule has 13 heavy (non-hydrogen) atoms. The van der Waals surface area contributed by atoms with E-state index in [-0.39, 0.29) is 16.2 Å². The maximum absolute atomic E-state index is 12.3. The van der Waals surface area contributed by atoms with Crippen LogP contribution in [0.5, 0.6) is 11.6 Å². The van der Waals surface area contributed by atoms with Crippen LogP contribution in [-0.2, 0) is 0 Å². The predicted molar refractivity (Wildman–Crippen MR) is 45.1 cm³/mol. The fraction of sp³-hybridized carbons (Fsp3) is 0.286. The number of rotatable bonds is 2. The van der Waals surface area contributed by atoms with Gasteiger partial charge in [-0.3, -0.25) is 0 Å². The summed E-state index contributed by atoms with van der Waals surface area (Å²) in [5, 5.41) is 9.07. The molecule has 0 amide bonds. The van der Waals surface area contributed by atoms with Crippen LogP contribution < -0.4 is 4.74 Å². The molecule has 0 aromatic carbocycles. The van der Waals surface area contributed by atoms with Crippen LogP contribution in [0, 0.1) is 0 Å². The molecular formula is C7H6BrF2NO2. The van der Waals surface area contributed by atoms with Crippen LogP contribution >= 0.6 is 15.9 Å². The average Bonchev–Trinajstić information content (AvgIpc) is 2.08. The standard InChI is InChI=1S/C7H6BrF2NO2/c1-13-7-3(6(9)10)2-4(12)5(8)11-7/h2,6,12H,1H3. The van der Waals surface area contributed by atoms with Crippen LogP contribution in [0.1, 0.15) is 12.0 Å². The lowest BCUT2D eigenvalue weighted by atomic mass is 10.3. The average molecular weight is 254 g/mol. The number of alkyl halides is 2. The Morgan fingerprint density at radius 3 is 2.69 bits per heavy atom. The van der Waals surface area contributed by atoms with Gasteiger partial charge < -0.3 is 9.84 Å². The predicted octanol–water partition coefficient (Wildman–Crippen LogP) is 2.50. The smallest absolute Gasteiger partial charge is 0.269 e. The van der Waals surface area contributed by atoms with Crippen molar-refractivity contribution in [1.82, 2.24) is 4.98 Å². The fourth-order valence-corrected chi connectivity index (χ4v) is 1.07. The number of halogens is 3. The summed E-state index contributed by atoms with van der Waals surface area (Å²) in [7, 11) is 1.23. The molecule has 0 aliphatic heterocycles. The van der Waals surface area contributed by atoms with E-state index >= 15 is 0 Å². The maximum Gasteiger partial charge on any atom is 0.269 e. The summed E-state index contributed by atoms with van der Waals surface area (Å²) in [6.45, 7) is 0. The maximum atomic E-state index is 12.3. The minimum absolute atomic E-state index is 0.0775. The number of aromatic hydroxyl groups is 1. The Labute approximate surface area is 81.5 Å². The van der Waals surface area contributed by atoms with Crippen molar-refractivity contribution in [2.75, 3.05) is 7.11 Å². The number of hydrogen-bond donors (Lipinski definition) is 1. The van der Waals surface area contributed by atoms with Crippen molar-refractivity contribution in [2.45, 2.75) is 6.43 Å². The normalized spacial score (nSPS) is 10.5. The van der Waals surface area contributed by atoms with Crippen LogP contribution in [0.25, 0.3) is 0 Å². The molecule has 3 nitrogen and oxygen atoms in total. The van der Waals surface area contributed by atoms with E-state index in [1.165, 1.54) is 7.11 Å². The molecule has 0 fully saturated rings. The first kappa shape index (κ1) is 10.2. The van der Waals surface area contributed by atoms with Gasteiger partial charge in [0.2, 0.25) is 5.88 Å². The topological polar surface area (TPSA) is 42.4 Å². The highest BCUT2D eigenvalue weighted by atomic mass is 79.9. The number of nitrogens with zero attached hydrogens (tertiary/aromatic N) is 1. The molecular weight excluding hydrogens is 248 g/mol. The van der Waals surface area contributed by atoms with E-state index in [0.717, 1.165) is 6.07 Å². The third-order valence-electron chi connectivity index (χ3n) is 1.38. The fourth-order valence-electron chi connectivity index (χ4n) is 0.799. The van der Waals surface area contributed by atoms with Crippen molar-refractivity contribution >= 4 is 15.9 Å². The Morgan fingerprint density at radius 1 is 1.62 bits per heavy atom. The quantitative estimate of drug-likeness (QED) is 0.824. The second kappa shape index (κ2) is 3.87. The zero-order valence-corrected chi connectivity index (χ0v) is 8.18. The summed E-state index contributed by atoms with van der Waals surface area (Å²) in [6.07, 6.45) is -2.72. The highest BCUT2D eigenvalue weighted by Gasteiger charge is 2.17. The van der Waals surface area contributed by atoms with Gasteiger partial charge in [0.15, 0.2) is 4.60 Å². The number of aromatic nitrogens is 1. The molecule has 0 aliphatic rings. The molecule has 1 aromatic rings. The van der Waals surface area contributed by atoms with Gasteiger partial charge in [-0.15, -0.1) is 0 Å². The molecule has 0 bridgehead atoms. The second-order valence-corrected chi connectivity index (χ2v) is 2.95. The van der Waals surface area contributed by atoms with Gasteiger partial charge in [0.1, 0.15) is 5.75 Å². The van der Waals surface area contributed by atoms with E-state index in [1.807, 2.05) is 0 Å². The zero-order valence-electron chi connectivity index (χ0n) is 6.59. The first-order valence-corrected chi connectivity index (χ1v) is 4.07. The van der Waals surface area contributed by atoms with Gasteiger partial charge in [0.25, 0.3) is 6.43 Å². The highest BCUT2D eigenvalue weighted by molar-refractivity contribution is 9.10. The van der Waals surface area contributed by atoms with Crippen molar-refractivity contribution in [1.29, 1.82) is 0 Å². The number of pyridine rings is 1. The number of methoxy groups -OCH3 is 1. The molecule has 1 rings (SSSR count). The van der Waals surface area contributed by atoms with Crippen LogP contribution in [0.3, 0.4) is 0 Å². The summed E-state index contributed by atoms with van der Waals surface area (Å²) in [5.74, 6) is -0.532. The Hall–Kier alpha value is -0.910. The van der Waals surface area contributed by atoms with Gasteiger partial charge in [-0.2, -0.15) is 0 Å². The third kappa shape index (κ3) is 2.06. The van der Waals surface area contributed by atoms with Gasteiger partial charge in [0.05, 0.1) is 12.7 Å². The zero-order chi connectivity index (χ0) is 10.0. The number of hydrogen-bond acceptors (Lipinski definition) is 3. The summed E-state index contributed by atoms with van der Waals surface area (Å²) in [4.78, 5) is 3.58. The van der Waals surface area contributed by atoms with Gasteiger partial charge in [0, 0.05) is 0 Å². The molecule has 0 saturated heterocycles. The van der Waals surface area contributed by atoms with Gasteiger partial charge in [-0.1, -0.05) is 0 Å². The molecule has 0 unspecified atom stereocenters. The second-order valence-electron chi connectivity index (χ2n) is 2.20.